The highest BCUT2D eigenvalue weighted by Gasteiger charge is 2.00. The molecule has 1 aromatic heterocycles. The summed E-state index contributed by atoms with van der Waals surface area (Å²) in [6.07, 6.45) is 0. The summed E-state index contributed by atoms with van der Waals surface area (Å²) in [7, 11) is 3.55. The number of anilines is 1. The molecule has 0 fully saturated rings. The average Bonchev–Trinajstić information content (AvgIpc) is 2.38. The lowest BCUT2D eigenvalue weighted by molar-refractivity contribution is 0.144. The number of nitrogens with one attached hydrogen (secondary N) is 1. The van der Waals surface area contributed by atoms with E-state index in [1.165, 1.54) is 0 Å². The van der Waals surface area contributed by atoms with Gasteiger partial charge in [0, 0.05) is 31.3 Å². The zero-order chi connectivity index (χ0) is 12.1. The Balaban J connectivity index is 2.19. The van der Waals surface area contributed by atoms with Gasteiger partial charge in [-0.05, 0) is 24.3 Å². The number of ether oxygens (including phenoxy) is 2. The Morgan fingerprint density at radius 3 is 2.82 bits per heavy atom. The third-order valence-corrected chi connectivity index (χ3v) is 2.49. The second-order valence-electron chi connectivity index (χ2n) is 3.65. The minimum Gasteiger partial charge on any atom is -0.475 e. The molecule has 90 valence electrons. The molecule has 0 amide bonds. The van der Waals surface area contributed by atoms with Crippen LogP contribution in [-0.4, -0.2) is 32.4 Å². The molecule has 4 nitrogen and oxygen atoms in total. The van der Waals surface area contributed by atoms with E-state index in [1.807, 2.05) is 31.3 Å². The highest BCUT2D eigenvalue weighted by molar-refractivity contribution is 5.82. The smallest absolute Gasteiger partial charge is 0.213 e. The van der Waals surface area contributed by atoms with Crippen LogP contribution in [0.2, 0.25) is 0 Å². The van der Waals surface area contributed by atoms with Gasteiger partial charge >= 0.3 is 0 Å². The first-order valence-electron chi connectivity index (χ1n) is 5.54. The van der Waals surface area contributed by atoms with Gasteiger partial charge in [-0.2, -0.15) is 0 Å². The Kier molecular flexibility index (Phi) is 3.77. The van der Waals surface area contributed by atoms with Crippen LogP contribution < -0.4 is 10.1 Å². The standard InChI is InChI=1S/C13H16N2O2/c1-14-11-4-5-12-10(9-11)3-6-13(15-12)17-8-7-16-2/h3-6,9,14H,7-8H2,1-2H3. The second kappa shape index (κ2) is 5.50. The highest BCUT2D eigenvalue weighted by Crippen LogP contribution is 2.20. The van der Waals surface area contributed by atoms with E-state index in [-0.39, 0.29) is 0 Å². The van der Waals surface area contributed by atoms with Gasteiger partial charge in [-0.15, -0.1) is 0 Å². The van der Waals surface area contributed by atoms with Gasteiger partial charge < -0.3 is 14.8 Å². The molecule has 1 N–H and O–H groups in total. The summed E-state index contributed by atoms with van der Waals surface area (Å²) in [4.78, 5) is 4.42. The second-order valence-corrected chi connectivity index (χ2v) is 3.65. The van der Waals surface area contributed by atoms with E-state index in [1.54, 1.807) is 7.11 Å². The summed E-state index contributed by atoms with van der Waals surface area (Å²) >= 11 is 0. The maximum Gasteiger partial charge on any atom is 0.213 e. The van der Waals surface area contributed by atoms with Crippen molar-refractivity contribution in [3.8, 4) is 5.88 Å². The maximum absolute atomic E-state index is 5.46. The fourth-order valence-corrected chi connectivity index (χ4v) is 1.57. The van der Waals surface area contributed by atoms with Crippen molar-refractivity contribution in [2.24, 2.45) is 0 Å². The average molecular weight is 232 g/mol. The number of nitrogens with zero attached hydrogens (tertiary/aromatic N) is 1. The summed E-state index contributed by atoms with van der Waals surface area (Å²) in [6, 6.07) is 9.91. The first-order valence-corrected chi connectivity index (χ1v) is 5.54. The fourth-order valence-electron chi connectivity index (χ4n) is 1.57. The highest BCUT2D eigenvalue weighted by atomic mass is 16.5. The van der Waals surface area contributed by atoms with E-state index in [9.17, 15) is 0 Å². The molecule has 1 aromatic carbocycles. The zero-order valence-corrected chi connectivity index (χ0v) is 10.1. The molecule has 17 heavy (non-hydrogen) atoms. The zero-order valence-electron chi connectivity index (χ0n) is 10.1. The topological polar surface area (TPSA) is 43.4 Å². The van der Waals surface area contributed by atoms with Crippen LogP contribution in [0.4, 0.5) is 5.69 Å². The van der Waals surface area contributed by atoms with Crippen molar-refractivity contribution < 1.29 is 9.47 Å². The minimum atomic E-state index is 0.517. The third-order valence-electron chi connectivity index (χ3n) is 2.49. The van der Waals surface area contributed by atoms with E-state index < -0.39 is 0 Å². The van der Waals surface area contributed by atoms with E-state index in [0.717, 1.165) is 16.6 Å². The molecule has 0 aliphatic heterocycles. The number of rotatable bonds is 5. The third kappa shape index (κ3) is 2.85. The molecule has 2 aromatic rings. The molecule has 0 saturated carbocycles. The monoisotopic (exact) mass is 232 g/mol. The summed E-state index contributed by atoms with van der Waals surface area (Å²) in [5, 5.41) is 4.19. The predicted molar refractivity (Wildman–Crippen MR) is 68.7 cm³/mol. The lowest BCUT2D eigenvalue weighted by Crippen LogP contribution is -2.05. The first kappa shape index (κ1) is 11.7. The van der Waals surface area contributed by atoms with E-state index in [0.29, 0.717) is 19.1 Å². The van der Waals surface area contributed by atoms with Crippen LogP contribution in [0, 0.1) is 0 Å². The molecule has 2 rings (SSSR count). The summed E-state index contributed by atoms with van der Waals surface area (Å²) in [5.41, 5.74) is 2.01. The Bertz CT molecular complexity index is 500. The number of methoxy groups -OCH3 is 1. The molecule has 0 aliphatic carbocycles. The van der Waals surface area contributed by atoms with Crippen molar-refractivity contribution in [3.63, 3.8) is 0 Å². The van der Waals surface area contributed by atoms with Crippen LogP contribution in [0.3, 0.4) is 0 Å². The van der Waals surface area contributed by atoms with Gasteiger partial charge in [0.15, 0.2) is 0 Å². The number of benzene rings is 1. The van der Waals surface area contributed by atoms with Crippen LogP contribution >= 0.6 is 0 Å². The van der Waals surface area contributed by atoms with Gasteiger partial charge in [0.25, 0.3) is 0 Å². The SMILES string of the molecule is CNc1ccc2nc(OCCOC)ccc2c1. The van der Waals surface area contributed by atoms with Crippen molar-refractivity contribution in [1.29, 1.82) is 0 Å². The van der Waals surface area contributed by atoms with Crippen LogP contribution in [0.25, 0.3) is 10.9 Å². The molecule has 0 spiro atoms. The Morgan fingerprint density at radius 2 is 2.06 bits per heavy atom. The summed E-state index contributed by atoms with van der Waals surface area (Å²) in [5.74, 6) is 0.631. The van der Waals surface area contributed by atoms with Crippen LogP contribution in [0.1, 0.15) is 0 Å². The number of fused-ring (bicyclic) bond motifs is 1. The molecule has 0 bridgehead atoms. The number of aromatic nitrogens is 1. The quantitative estimate of drug-likeness (QED) is 0.803. The lowest BCUT2D eigenvalue weighted by atomic mass is 10.2. The molecular weight excluding hydrogens is 216 g/mol. The van der Waals surface area contributed by atoms with Crippen molar-refractivity contribution in [2.45, 2.75) is 0 Å². The minimum absolute atomic E-state index is 0.517. The van der Waals surface area contributed by atoms with E-state index in [4.69, 9.17) is 9.47 Å². The molecule has 4 heteroatoms. The maximum atomic E-state index is 5.46. The normalized spacial score (nSPS) is 10.5. The number of pyridine rings is 1. The predicted octanol–water partition coefficient (Wildman–Crippen LogP) is 2.30. The Hall–Kier alpha value is -1.81. The van der Waals surface area contributed by atoms with Gasteiger partial charge in [0.05, 0.1) is 12.1 Å². The fraction of sp³-hybridized carbons (Fsp3) is 0.308. The van der Waals surface area contributed by atoms with Crippen molar-refractivity contribution in [1.82, 2.24) is 4.98 Å². The molecule has 0 atom stereocenters. The largest absolute Gasteiger partial charge is 0.475 e. The number of hydrogen-bond acceptors (Lipinski definition) is 4. The summed E-state index contributed by atoms with van der Waals surface area (Å²) < 4.78 is 10.4. The van der Waals surface area contributed by atoms with E-state index >= 15 is 0 Å². The molecule has 0 radical (unpaired) electrons. The Labute approximate surface area is 101 Å². The van der Waals surface area contributed by atoms with Gasteiger partial charge in [0.2, 0.25) is 5.88 Å². The van der Waals surface area contributed by atoms with Crippen LogP contribution in [0.15, 0.2) is 30.3 Å². The first-order chi connectivity index (χ1) is 8.33. The molecule has 0 saturated heterocycles. The van der Waals surface area contributed by atoms with Crippen molar-refractivity contribution in [2.75, 3.05) is 32.7 Å². The Morgan fingerprint density at radius 1 is 1.18 bits per heavy atom. The lowest BCUT2D eigenvalue weighted by Gasteiger charge is -2.06. The molecule has 1 heterocycles. The number of hydrogen-bond donors (Lipinski definition) is 1. The summed E-state index contributed by atoms with van der Waals surface area (Å²) in [6.45, 7) is 1.09. The molecular formula is C13H16N2O2. The van der Waals surface area contributed by atoms with Crippen LogP contribution in [-0.2, 0) is 4.74 Å². The van der Waals surface area contributed by atoms with Gasteiger partial charge in [0.1, 0.15) is 6.61 Å². The molecule has 0 unspecified atom stereocenters. The van der Waals surface area contributed by atoms with Gasteiger partial charge in [-0.3, -0.25) is 0 Å². The van der Waals surface area contributed by atoms with Crippen molar-refractivity contribution in [3.05, 3.63) is 30.3 Å². The van der Waals surface area contributed by atoms with Gasteiger partial charge in [-0.25, -0.2) is 4.98 Å². The van der Waals surface area contributed by atoms with Crippen molar-refractivity contribution >= 4 is 16.6 Å². The van der Waals surface area contributed by atoms with Crippen LogP contribution in [0.5, 0.6) is 5.88 Å². The molecule has 0 aliphatic rings. The van der Waals surface area contributed by atoms with E-state index in [2.05, 4.69) is 16.4 Å². The van der Waals surface area contributed by atoms with Gasteiger partial charge in [-0.1, -0.05) is 0 Å².